The van der Waals surface area contributed by atoms with Crippen molar-refractivity contribution < 1.29 is 19.5 Å². The molecule has 0 saturated carbocycles. The fourth-order valence-electron chi connectivity index (χ4n) is 2.19. The van der Waals surface area contributed by atoms with Crippen LogP contribution in [0.15, 0.2) is 30.3 Å². The maximum atomic E-state index is 11.6. The molecule has 0 unspecified atom stereocenters. The van der Waals surface area contributed by atoms with Gasteiger partial charge in [0.05, 0.1) is 5.56 Å². The van der Waals surface area contributed by atoms with Gasteiger partial charge in [-0.05, 0) is 31.4 Å². The Morgan fingerprint density at radius 3 is 1.95 bits per heavy atom. The molecule has 0 bridgehead atoms. The molecule has 0 aliphatic heterocycles. The minimum atomic E-state index is -1.12. The highest BCUT2D eigenvalue weighted by molar-refractivity contribution is 6.19. The molecule has 96 valence electrons. The number of rotatable bonds is 3. The number of hydrogen-bond donors (Lipinski definition) is 1. The Morgan fingerprint density at radius 2 is 1.42 bits per heavy atom. The minimum absolute atomic E-state index is 0.0331. The third kappa shape index (κ3) is 2.12. The molecule has 1 N–H and O–H groups in total. The molecular weight excluding hydrogens is 244 g/mol. The molecule has 0 radical (unpaired) electrons. The average Bonchev–Trinajstić information content (AvgIpc) is 2.35. The van der Waals surface area contributed by atoms with E-state index in [2.05, 4.69) is 0 Å². The van der Waals surface area contributed by atoms with Gasteiger partial charge in [0.25, 0.3) is 0 Å². The van der Waals surface area contributed by atoms with E-state index in [-0.39, 0.29) is 17.1 Å². The van der Waals surface area contributed by atoms with E-state index in [1.807, 2.05) is 0 Å². The summed E-state index contributed by atoms with van der Waals surface area (Å²) in [6.07, 6.45) is 0. The van der Waals surface area contributed by atoms with Crippen molar-refractivity contribution in [2.75, 3.05) is 0 Å². The van der Waals surface area contributed by atoms with Crippen molar-refractivity contribution >= 4 is 28.3 Å². The first-order valence-electron chi connectivity index (χ1n) is 5.74. The second-order valence-electron chi connectivity index (χ2n) is 4.31. The molecule has 2 rings (SSSR count). The van der Waals surface area contributed by atoms with Crippen molar-refractivity contribution in [2.45, 2.75) is 13.8 Å². The highest BCUT2D eigenvalue weighted by Crippen LogP contribution is 2.27. The Morgan fingerprint density at radius 1 is 0.842 bits per heavy atom. The van der Waals surface area contributed by atoms with Gasteiger partial charge < -0.3 is 5.11 Å². The van der Waals surface area contributed by atoms with Crippen LogP contribution in [0, 0.1) is 0 Å². The molecule has 2 aromatic carbocycles. The first-order valence-corrected chi connectivity index (χ1v) is 5.74. The highest BCUT2D eigenvalue weighted by Gasteiger charge is 2.17. The van der Waals surface area contributed by atoms with Gasteiger partial charge in [-0.3, -0.25) is 9.59 Å². The smallest absolute Gasteiger partial charge is 0.336 e. The van der Waals surface area contributed by atoms with Crippen molar-refractivity contribution in [1.82, 2.24) is 0 Å². The number of ketones is 2. The second kappa shape index (κ2) is 4.65. The van der Waals surface area contributed by atoms with Gasteiger partial charge in [0.1, 0.15) is 0 Å². The molecule has 0 spiro atoms. The minimum Gasteiger partial charge on any atom is -0.478 e. The van der Waals surface area contributed by atoms with Crippen molar-refractivity contribution in [3.63, 3.8) is 0 Å². The molecule has 0 aliphatic rings. The lowest BCUT2D eigenvalue weighted by molar-refractivity contribution is 0.0698. The predicted molar refractivity (Wildman–Crippen MR) is 70.9 cm³/mol. The van der Waals surface area contributed by atoms with E-state index in [0.29, 0.717) is 21.9 Å². The number of benzene rings is 2. The normalized spacial score (nSPS) is 10.4. The number of aromatic carboxylic acids is 1. The third-order valence-electron chi connectivity index (χ3n) is 3.03. The summed E-state index contributed by atoms with van der Waals surface area (Å²) in [6, 6.07) is 7.73. The van der Waals surface area contributed by atoms with E-state index in [4.69, 9.17) is 0 Å². The van der Waals surface area contributed by atoms with Gasteiger partial charge in [0, 0.05) is 16.5 Å². The SMILES string of the molecule is CC(=O)c1ccc(C(=O)O)c2c(C(C)=O)cccc12. The molecule has 0 aliphatic carbocycles. The van der Waals surface area contributed by atoms with E-state index in [1.54, 1.807) is 18.2 Å². The largest absolute Gasteiger partial charge is 0.478 e. The standard InChI is InChI=1S/C15H12O4/c1-8(16)10-6-7-13(15(18)19)14-11(9(2)17)4-3-5-12(10)14/h3-7H,1-2H3,(H,18,19). The first-order chi connectivity index (χ1) is 8.93. The molecule has 4 heteroatoms. The molecular formula is C15H12O4. The Balaban J connectivity index is 3.01. The summed E-state index contributed by atoms with van der Waals surface area (Å²) in [7, 11) is 0. The number of fused-ring (bicyclic) bond motifs is 1. The lowest BCUT2D eigenvalue weighted by Crippen LogP contribution is -2.05. The van der Waals surface area contributed by atoms with Crippen LogP contribution in [0.1, 0.15) is 44.9 Å². The molecule has 0 fully saturated rings. The van der Waals surface area contributed by atoms with Crippen LogP contribution in [-0.4, -0.2) is 22.6 Å². The maximum Gasteiger partial charge on any atom is 0.336 e. The second-order valence-corrected chi connectivity index (χ2v) is 4.31. The molecule has 0 saturated heterocycles. The molecule has 0 amide bonds. The quantitative estimate of drug-likeness (QED) is 0.857. The van der Waals surface area contributed by atoms with Crippen molar-refractivity contribution in [3.05, 3.63) is 47.0 Å². The number of carboxylic acid groups (broad SMARTS) is 1. The van der Waals surface area contributed by atoms with Crippen LogP contribution in [0.3, 0.4) is 0 Å². The lowest BCUT2D eigenvalue weighted by Gasteiger charge is -2.10. The van der Waals surface area contributed by atoms with Crippen LogP contribution in [-0.2, 0) is 0 Å². The van der Waals surface area contributed by atoms with Crippen molar-refractivity contribution in [3.8, 4) is 0 Å². The van der Waals surface area contributed by atoms with Crippen LogP contribution in [0.4, 0.5) is 0 Å². The zero-order valence-electron chi connectivity index (χ0n) is 10.6. The number of carbonyl (C=O) groups excluding carboxylic acids is 2. The average molecular weight is 256 g/mol. The summed E-state index contributed by atoms with van der Waals surface area (Å²) in [6.45, 7) is 2.79. The Hall–Kier alpha value is -2.49. The summed E-state index contributed by atoms with van der Waals surface area (Å²) in [5.41, 5.74) is 0.770. The van der Waals surface area contributed by atoms with E-state index in [0.717, 1.165) is 0 Å². The predicted octanol–water partition coefficient (Wildman–Crippen LogP) is 2.94. The van der Waals surface area contributed by atoms with Gasteiger partial charge in [0.2, 0.25) is 0 Å². The number of carboxylic acids is 1. The van der Waals surface area contributed by atoms with Crippen LogP contribution in [0.25, 0.3) is 10.8 Å². The number of Topliss-reactive ketones (excluding diaryl/α,β-unsaturated/α-hetero) is 2. The number of hydrogen-bond acceptors (Lipinski definition) is 3. The van der Waals surface area contributed by atoms with E-state index in [1.165, 1.54) is 26.0 Å². The molecule has 2 aromatic rings. The summed E-state index contributed by atoms with van der Waals surface area (Å²) < 4.78 is 0. The fraction of sp³-hybridized carbons (Fsp3) is 0.133. The lowest BCUT2D eigenvalue weighted by atomic mass is 9.93. The van der Waals surface area contributed by atoms with Gasteiger partial charge >= 0.3 is 5.97 Å². The molecule has 0 aromatic heterocycles. The third-order valence-corrected chi connectivity index (χ3v) is 3.03. The number of carbonyl (C=O) groups is 3. The zero-order chi connectivity index (χ0) is 14.2. The van der Waals surface area contributed by atoms with Gasteiger partial charge in [-0.1, -0.05) is 18.2 Å². The molecule has 0 heterocycles. The van der Waals surface area contributed by atoms with E-state index < -0.39 is 5.97 Å². The van der Waals surface area contributed by atoms with Crippen LogP contribution >= 0.6 is 0 Å². The molecule has 4 nitrogen and oxygen atoms in total. The Bertz CT molecular complexity index is 693. The van der Waals surface area contributed by atoms with Crippen molar-refractivity contribution in [1.29, 1.82) is 0 Å². The van der Waals surface area contributed by atoms with Crippen LogP contribution in [0.2, 0.25) is 0 Å². The molecule has 19 heavy (non-hydrogen) atoms. The Kier molecular flexibility index (Phi) is 3.17. The topological polar surface area (TPSA) is 71.4 Å². The van der Waals surface area contributed by atoms with E-state index >= 15 is 0 Å². The highest BCUT2D eigenvalue weighted by atomic mass is 16.4. The first kappa shape index (κ1) is 13.0. The summed E-state index contributed by atoms with van der Waals surface area (Å²) in [4.78, 5) is 34.5. The van der Waals surface area contributed by atoms with Gasteiger partial charge in [-0.25, -0.2) is 4.79 Å². The molecule has 0 atom stereocenters. The monoisotopic (exact) mass is 256 g/mol. The van der Waals surface area contributed by atoms with Crippen LogP contribution < -0.4 is 0 Å². The zero-order valence-corrected chi connectivity index (χ0v) is 10.6. The van der Waals surface area contributed by atoms with Gasteiger partial charge in [-0.2, -0.15) is 0 Å². The maximum absolute atomic E-state index is 11.6. The van der Waals surface area contributed by atoms with Gasteiger partial charge in [-0.15, -0.1) is 0 Å². The Labute approximate surface area is 109 Å². The van der Waals surface area contributed by atoms with Crippen molar-refractivity contribution in [2.24, 2.45) is 0 Å². The van der Waals surface area contributed by atoms with Gasteiger partial charge in [0.15, 0.2) is 11.6 Å². The summed E-state index contributed by atoms with van der Waals surface area (Å²) in [5, 5.41) is 10.1. The summed E-state index contributed by atoms with van der Waals surface area (Å²) in [5.74, 6) is -1.51. The summed E-state index contributed by atoms with van der Waals surface area (Å²) >= 11 is 0. The van der Waals surface area contributed by atoms with Crippen LogP contribution in [0.5, 0.6) is 0 Å². The fourth-order valence-corrected chi connectivity index (χ4v) is 2.19. The van der Waals surface area contributed by atoms with E-state index in [9.17, 15) is 19.5 Å².